The second kappa shape index (κ2) is 4.55. The highest BCUT2D eigenvalue weighted by molar-refractivity contribution is 9.10. The third-order valence-corrected chi connectivity index (χ3v) is 3.46. The maximum absolute atomic E-state index is 13.7. The van der Waals surface area contributed by atoms with Crippen molar-refractivity contribution in [3.63, 3.8) is 0 Å². The zero-order chi connectivity index (χ0) is 12.5. The summed E-state index contributed by atoms with van der Waals surface area (Å²) in [7, 11) is 0. The average molecular weight is 295 g/mol. The maximum Gasteiger partial charge on any atom is 0.146 e. The minimum atomic E-state index is -0.896. The number of aromatic nitrogens is 1. The third kappa shape index (κ3) is 2.23. The van der Waals surface area contributed by atoms with Crippen LogP contribution in [0.25, 0.3) is 0 Å². The molecule has 88 valence electrons. The van der Waals surface area contributed by atoms with Crippen molar-refractivity contribution in [1.82, 2.24) is 4.98 Å². The Bertz CT molecular complexity index is 493. The van der Waals surface area contributed by atoms with Crippen molar-refractivity contribution in [2.75, 3.05) is 0 Å². The van der Waals surface area contributed by atoms with Crippen LogP contribution in [0.5, 0.6) is 0 Å². The van der Waals surface area contributed by atoms with E-state index in [-0.39, 0.29) is 0 Å². The van der Waals surface area contributed by atoms with Crippen molar-refractivity contribution in [1.29, 1.82) is 0 Å². The Morgan fingerprint density at radius 2 is 1.94 bits per heavy atom. The van der Waals surface area contributed by atoms with Gasteiger partial charge in [-0.15, -0.1) is 0 Å². The number of nitrogens with zero attached hydrogens (tertiary/aromatic N) is 1. The van der Waals surface area contributed by atoms with Gasteiger partial charge in [0.1, 0.15) is 5.82 Å². The summed E-state index contributed by atoms with van der Waals surface area (Å²) in [6.07, 6.45) is 2.72. The number of pyridine rings is 1. The van der Waals surface area contributed by atoms with E-state index >= 15 is 0 Å². The minimum absolute atomic E-state index is 0.395. The molecule has 0 aliphatic heterocycles. The van der Waals surface area contributed by atoms with Gasteiger partial charge in [0.25, 0.3) is 0 Å². The number of nitrogens with two attached hydrogens (primary N) is 1. The van der Waals surface area contributed by atoms with Gasteiger partial charge in [-0.3, -0.25) is 4.98 Å². The Labute approximate surface area is 108 Å². The highest BCUT2D eigenvalue weighted by Gasteiger charge is 2.28. The van der Waals surface area contributed by atoms with E-state index in [4.69, 9.17) is 5.73 Å². The van der Waals surface area contributed by atoms with Crippen LogP contribution < -0.4 is 5.73 Å². The molecule has 0 amide bonds. The quantitative estimate of drug-likeness (QED) is 0.924. The molecule has 4 heteroatoms. The lowest BCUT2D eigenvalue weighted by molar-refractivity contribution is 0.525. The SMILES string of the molecule is CC(N)(c1ccncc1F)c1ccccc1Br. The first-order chi connectivity index (χ1) is 8.03. The maximum atomic E-state index is 13.7. The normalized spacial score (nSPS) is 14.4. The zero-order valence-corrected chi connectivity index (χ0v) is 10.9. The van der Waals surface area contributed by atoms with Crippen LogP contribution in [0.3, 0.4) is 0 Å². The van der Waals surface area contributed by atoms with Gasteiger partial charge < -0.3 is 5.73 Å². The van der Waals surface area contributed by atoms with Gasteiger partial charge in [-0.1, -0.05) is 34.1 Å². The fourth-order valence-corrected chi connectivity index (χ4v) is 2.52. The minimum Gasteiger partial charge on any atom is -0.318 e. The van der Waals surface area contributed by atoms with Crippen LogP contribution in [0.4, 0.5) is 4.39 Å². The van der Waals surface area contributed by atoms with Crippen molar-refractivity contribution in [2.45, 2.75) is 12.5 Å². The molecule has 17 heavy (non-hydrogen) atoms. The van der Waals surface area contributed by atoms with Gasteiger partial charge in [0.05, 0.1) is 11.7 Å². The summed E-state index contributed by atoms with van der Waals surface area (Å²) in [5.41, 5.74) is 6.64. The second-order valence-electron chi connectivity index (χ2n) is 4.04. The number of halogens is 2. The molecule has 1 heterocycles. The summed E-state index contributed by atoms with van der Waals surface area (Å²) < 4.78 is 14.6. The molecule has 2 aromatic rings. The summed E-state index contributed by atoms with van der Waals surface area (Å²) in [6, 6.07) is 9.15. The summed E-state index contributed by atoms with van der Waals surface area (Å²) in [6.45, 7) is 1.78. The lowest BCUT2D eigenvalue weighted by Gasteiger charge is -2.27. The number of rotatable bonds is 2. The van der Waals surface area contributed by atoms with E-state index in [0.717, 1.165) is 10.0 Å². The Hall–Kier alpha value is -1.26. The molecule has 0 aliphatic rings. The van der Waals surface area contributed by atoms with Crippen LogP contribution in [0, 0.1) is 5.82 Å². The standard InChI is InChI=1S/C13H12BrFN2/c1-13(16,9-4-2-3-5-11(9)14)10-6-7-17-8-12(10)15/h2-8H,16H2,1H3. The van der Waals surface area contributed by atoms with Crippen LogP contribution in [0.15, 0.2) is 47.2 Å². The van der Waals surface area contributed by atoms with Crippen LogP contribution in [0.2, 0.25) is 0 Å². The predicted octanol–water partition coefficient (Wildman–Crippen LogP) is 3.21. The summed E-state index contributed by atoms with van der Waals surface area (Å²) in [5, 5.41) is 0. The highest BCUT2D eigenvalue weighted by Crippen LogP contribution is 2.32. The first-order valence-electron chi connectivity index (χ1n) is 5.17. The third-order valence-electron chi connectivity index (χ3n) is 2.77. The van der Waals surface area contributed by atoms with Crippen molar-refractivity contribution < 1.29 is 4.39 Å². The van der Waals surface area contributed by atoms with Crippen molar-refractivity contribution in [3.05, 3.63) is 64.1 Å². The molecule has 1 unspecified atom stereocenters. The van der Waals surface area contributed by atoms with Gasteiger partial charge in [0, 0.05) is 16.2 Å². The largest absolute Gasteiger partial charge is 0.318 e. The van der Waals surface area contributed by atoms with E-state index in [1.54, 1.807) is 19.2 Å². The Morgan fingerprint density at radius 3 is 2.59 bits per heavy atom. The summed E-state index contributed by atoms with van der Waals surface area (Å²) >= 11 is 3.44. The van der Waals surface area contributed by atoms with Crippen LogP contribution >= 0.6 is 15.9 Å². The fraction of sp³-hybridized carbons (Fsp3) is 0.154. The monoisotopic (exact) mass is 294 g/mol. The molecule has 1 atom stereocenters. The molecule has 1 aromatic carbocycles. The molecule has 0 saturated carbocycles. The molecular weight excluding hydrogens is 283 g/mol. The number of hydrogen-bond acceptors (Lipinski definition) is 2. The predicted molar refractivity (Wildman–Crippen MR) is 69.0 cm³/mol. The average Bonchev–Trinajstić information content (AvgIpc) is 2.29. The molecule has 0 fully saturated rings. The Morgan fingerprint density at radius 1 is 1.24 bits per heavy atom. The van der Waals surface area contributed by atoms with E-state index in [0.29, 0.717) is 5.56 Å². The fourth-order valence-electron chi connectivity index (χ4n) is 1.82. The molecule has 2 nitrogen and oxygen atoms in total. The van der Waals surface area contributed by atoms with E-state index in [1.165, 1.54) is 6.20 Å². The van der Waals surface area contributed by atoms with Crippen LogP contribution in [0.1, 0.15) is 18.1 Å². The number of benzene rings is 1. The van der Waals surface area contributed by atoms with Gasteiger partial charge in [-0.05, 0) is 24.6 Å². The van der Waals surface area contributed by atoms with Gasteiger partial charge >= 0.3 is 0 Å². The van der Waals surface area contributed by atoms with E-state index in [9.17, 15) is 4.39 Å². The first kappa shape index (κ1) is 12.2. The van der Waals surface area contributed by atoms with E-state index in [1.807, 2.05) is 24.3 Å². The molecule has 0 aliphatic carbocycles. The Kier molecular flexibility index (Phi) is 3.26. The molecule has 0 saturated heterocycles. The van der Waals surface area contributed by atoms with E-state index in [2.05, 4.69) is 20.9 Å². The summed E-state index contributed by atoms with van der Waals surface area (Å²) in [4.78, 5) is 3.73. The van der Waals surface area contributed by atoms with Crippen molar-refractivity contribution >= 4 is 15.9 Å². The van der Waals surface area contributed by atoms with Gasteiger partial charge in [0.2, 0.25) is 0 Å². The number of hydrogen-bond donors (Lipinski definition) is 1. The smallest absolute Gasteiger partial charge is 0.146 e. The molecule has 2 N–H and O–H groups in total. The summed E-state index contributed by atoms with van der Waals surface area (Å²) in [5.74, 6) is -0.395. The second-order valence-corrected chi connectivity index (χ2v) is 4.89. The van der Waals surface area contributed by atoms with Crippen LogP contribution in [-0.4, -0.2) is 4.98 Å². The van der Waals surface area contributed by atoms with Gasteiger partial charge in [0.15, 0.2) is 0 Å². The molecule has 1 aromatic heterocycles. The topological polar surface area (TPSA) is 38.9 Å². The molecule has 0 spiro atoms. The van der Waals surface area contributed by atoms with Crippen LogP contribution in [-0.2, 0) is 5.54 Å². The zero-order valence-electron chi connectivity index (χ0n) is 9.32. The van der Waals surface area contributed by atoms with Crippen molar-refractivity contribution in [2.24, 2.45) is 5.73 Å². The molecule has 2 rings (SSSR count). The van der Waals surface area contributed by atoms with Crippen molar-refractivity contribution in [3.8, 4) is 0 Å². The lowest BCUT2D eigenvalue weighted by atomic mass is 9.86. The highest BCUT2D eigenvalue weighted by atomic mass is 79.9. The first-order valence-corrected chi connectivity index (χ1v) is 5.96. The molecule has 0 bridgehead atoms. The van der Waals surface area contributed by atoms with E-state index < -0.39 is 11.4 Å². The molecule has 0 radical (unpaired) electrons. The lowest BCUT2D eigenvalue weighted by Crippen LogP contribution is -2.35. The van der Waals surface area contributed by atoms with Gasteiger partial charge in [-0.2, -0.15) is 0 Å². The van der Waals surface area contributed by atoms with Gasteiger partial charge in [-0.25, -0.2) is 4.39 Å². The Balaban J connectivity index is 2.58. The molecular formula is C13H12BrFN2.